The third-order valence-corrected chi connectivity index (χ3v) is 4.63. The van der Waals surface area contributed by atoms with Gasteiger partial charge in [0.25, 0.3) is 0 Å². The van der Waals surface area contributed by atoms with Gasteiger partial charge in [-0.3, -0.25) is 4.98 Å². The van der Waals surface area contributed by atoms with Gasteiger partial charge >= 0.3 is 5.97 Å². The molecule has 19 heavy (non-hydrogen) atoms. The van der Waals surface area contributed by atoms with E-state index in [9.17, 15) is 4.79 Å². The average Bonchev–Trinajstić information content (AvgIpc) is 2.81. The van der Waals surface area contributed by atoms with Crippen LogP contribution in [-0.2, 0) is 0 Å². The van der Waals surface area contributed by atoms with Crippen molar-refractivity contribution in [3.05, 3.63) is 48.3 Å². The molecule has 0 saturated carbocycles. The number of pyridine rings is 1. The molecule has 0 atom stereocenters. The van der Waals surface area contributed by atoms with Crippen molar-refractivity contribution in [1.29, 1.82) is 0 Å². The van der Waals surface area contributed by atoms with Crippen LogP contribution in [0.25, 0.3) is 10.2 Å². The molecule has 1 aromatic carbocycles. The van der Waals surface area contributed by atoms with Crippen LogP contribution < -0.4 is 0 Å². The van der Waals surface area contributed by atoms with Gasteiger partial charge in [0, 0.05) is 17.3 Å². The van der Waals surface area contributed by atoms with Gasteiger partial charge in [0.1, 0.15) is 0 Å². The molecule has 0 unspecified atom stereocenters. The first kappa shape index (κ1) is 12.1. The van der Waals surface area contributed by atoms with E-state index in [4.69, 9.17) is 5.11 Å². The van der Waals surface area contributed by atoms with E-state index in [1.807, 2.05) is 24.3 Å². The van der Waals surface area contributed by atoms with Crippen molar-refractivity contribution in [2.45, 2.75) is 9.24 Å². The predicted octanol–water partition coefficient (Wildman–Crippen LogP) is 3.54. The van der Waals surface area contributed by atoms with Gasteiger partial charge in [-0.1, -0.05) is 23.9 Å². The van der Waals surface area contributed by atoms with E-state index >= 15 is 0 Å². The molecule has 0 amide bonds. The molecule has 0 saturated heterocycles. The monoisotopic (exact) mass is 288 g/mol. The Kier molecular flexibility index (Phi) is 3.18. The topological polar surface area (TPSA) is 63.1 Å². The van der Waals surface area contributed by atoms with Crippen LogP contribution in [0.15, 0.2) is 52.0 Å². The molecule has 0 spiro atoms. The Morgan fingerprint density at radius 2 is 2.11 bits per heavy atom. The quantitative estimate of drug-likeness (QED) is 0.798. The Labute approximate surface area is 117 Å². The van der Waals surface area contributed by atoms with Crippen molar-refractivity contribution < 1.29 is 9.90 Å². The maximum Gasteiger partial charge on any atom is 0.336 e. The number of fused-ring (bicyclic) bond motifs is 1. The number of aromatic nitrogens is 2. The Morgan fingerprint density at radius 1 is 1.26 bits per heavy atom. The molecular formula is C13H8N2O2S2. The van der Waals surface area contributed by atoms with E-state index in [2.05, 4.69) is 9.97 Å². The lowest BCUT2D eigenvalue weighted by Crippen LogP contribution is -1.98. The zero-order valence-corrected chi connectivity index (χ0v) is 11.2. The summed E-state index contributed by atoms with van der Waals surface area (Å²) in [6.45, 7) is 0. The third-order valence-electron chi connectivity index (χ3n) is 2.49. The van der Waals surface area contributed by atoms with Crippen LogP contribution in [0.2, 0.25) is 0 Å². The lowest BCUT2D eigenvalue weighted by Gasteiger charge is -2.01. The van der Waals surface area contributed by atoms with Crippen molar-refractivity contribution in [3.8, 4) is 0 Å². The number of carbonyl (C=O) groups is 1. The molecule has 3 aromatic rings. The van der Waals surface area contributed by atoms with Crippen molar-refractivity contribution in [3.63, 3.8) is 0 Å². The minimum atomic E-state index is -0.953. The zero-order valence-electron chi connectivity index (χ0n) is 9.61. The Balaban J connectivity index is 1.99. The number of rotatable bonds is 3. The molecule has 0 aliphatic carbocycles. The van der Waals surface area contributed by atoms with Gasteiger partial charge in [-0.2, -0.15) is 0 Å². The number of hydrogen-bond acceptors (Lipinski definition) is 5. The molecule has 3 rings (SSSR count). The van der Waals surface area contributed by atoms with Crippen LogP contribution in [-0.4, -0.2) is 21.0 Å². The first-order valence-electron chi connectivity index (χ1n) is 5.45. The van der Waals surface area contributed by atoms with E-state index in [-0.39, 0.29) is 5.56 Å². The summed E-state index contributed by atoms with van der Waals surface area (Å²) in [5, 5.41) is 9.13. The minimum Gasteiger partial charge on any atom is -0.478 e. The molecule has 1 N–H and O–H groups in total. The SMILES string of the molecule is O=C(O)c1ccncc1Sc1nc2ccccc2s1. The molecule has 0 fully saturated rings. The Hall–Kier alpha value is -1.92. The maximum absolute atomic E-state index is 11.1. The summed E-state index contributed by atoms with van der Waals surface area (Å²) in [4.78, 5) is 20.2. The Bertz CT molecular complexity index is 722. The van der Waals surface area contributed by atoms with E-state index in [1.165, 1.54) is 24.0 Å². The second-order valence-electron chi connectivity index (χ2n) is 3.73. The van der Waals surface area contributed by atoms with Crippen LogP contribution in [0, 0.1) is 0 Å². The molecule has 6 heteroatoms. The number of aromatic carboxylic acids is 1. The lowest BCUT2D eigenvalue weighted by molar-refractivity contribution is 0.0693. The fourth-order valence-corrected chi connectivity index (χ4v) is 3.74. The molecule has 0 aliphatic heterocycles. The second kappa shape index (κ2) is 4.99. The number of para-hydroxylation sites is 1. The van der Waals surface area contributed by atoms with Crippen molar-refractivity contribution in [1.82, 2.24) is 9.97 Å². The summed E-state index contributed by atoms with van der Waals surface area (Å²) in [5.41, 5.74) is 1.18. The number of carboxylic acids is 1. The fourth-order valence-electron chi connectivity index (χ4n) is 1.63. The summed E-state index contributed by atoms with van der Waals surface area (Å²) in [5.74, 6) is -0.953. The zero-order chi connectivity index (χ0) is 13.2. The summed E-state index contributed by atoms with van der Waals surface area (Å²) in [7, 11) is 0. The van der Waals surface area contributed by atoms with Gasteiger partial charge < -0.3 is 5.11 Å². The third kappa shape index (κ3) is 2.45. The molecule has 94 valence electrons. The largest absolute Gasteiger partial charge is 0.478 e. The van der Waals surface area contributed by atoms with E-state index in [0.29, 0.717) is 4.90 Å². The molecule has 0 bridgehead atoms. The molecule has 2 aromatic heterocycles. The predicted molar refractivity (Wildman–Crippen MR) is 74.9 cm³/mol. The summed E-state index contributed by atoms with van der Waals surface area (Å²) >= 11 is 2.88. The summed E-state index contributed by atoms with van der Waals surface area (Å²) in [6, 6.07) is 9.33. The van der Waals surface area contributed by atoms with Crippen LogP contribution in [0.3, 0.4) is 0 Å². The highest BCUT2D eigenvalue weighted by atomic mass is 32.2. The average molecular weight is 288 g/mol. The van der Waals surface area contributed by atoms with Gasteiger partial charge in [-0.15, -0.1) is 11.3 Å². The van der Waals surface area contributed by atoms with Crippen molar-refractivity contribution in [2.24, 2.45) is 0 Å². The normalized spacial score (nSPS) is 10.7. The molecule has 4 nitrogen and oxygen atoms in total. The number of thiazole rings is 1. The maximum atomic E-state index is 11.1. The molecular weight excluding hydrogens is 280 g/mol. The standard InChI is InChI=1S/C13H8N2O2S2/c16-12(17)8-5-6-14-7-11(8)19-13-15-9-3-1-2-4-10(9)18-13/h1-7H,(H,16,17). The van der Waals surface area contributed by atoms with E-state index < -0.39 is 5.97 Å². The smallest absolute Gasteiger partial charge is 0.336 e. The number of carboxylic acid groups (broad SMARTS) is 1. The van der Waals surface area contributed by atoms with Crippen LogP contribution >= 0.6 is 23.1 Å². The van der Waals surface area contributed by atoms with E-state index in [1.54, 1.807) is 17.5 Å². The van der Waals surface area contributed by atoms with Crippen molar-refractivity contribution >= 4 is 39.3 Å². The first-order chi connectivity index (χ1) is 9.24. The van der Waals surface area contributed by atoms with Crippen LogP contribution in [0.5, 0.6) is 0 Å². The van der Waals surface area contributed by atoms with Gasteiger partial charge in [0.2, 0.25) is 0 Å². The van der Waals surface area contributed by atoms with E-state index in [0.717, 1.165) is 14.6 Å². The molecule has 0 aliphatic rings. The lowest BCUT2D eigenvalue weighted by atomic mass is 10.3. The highest BCUT2D eigenvalue weighted by Crippen LogP contribution is 2.35. The van der Waals surface area contributed by atoms with Crippen LogP contribution in [0.4, 0.5) is 0 Å². The number of nitrogens with zero attached hydrogens (tertiary/aromatic N) is 2. The van der Waals surface area contributed by atoms with Crippen LogP contribution in [0.1, 0.15) is 10.4 Å². The molecule has 2 heterocycles. The van der Waals surface area contributed by atoms with Crippen molar-refractivity contribution in [2.75, 3.05) is 0 Å². The Morgan fingerprint density at radius 3 is 2.89 bits per heavy atom. The van der Waals surface area contributed by atoms with Gasteiger partial charge in [0.05, 0.1) is 15.8 Å². The number of hydrogen-bond donors (Lipinski definition) is 1. The van der Waals surface area contributed by atoms with Gasteiger partial charge in [0.15, 0.2) is 4.34 Å². The summed E-state index contributed by atoms with van der Waals surface area (Å²) in [6.07, 6.45) is 3.03. The summed E-state index contributed by atoms with van der Waals surface area (Å²) < 4.78 is 1.91. The second-order valence-corrected chi connectivity index (χ2v) is 6.05. The first-order valence-corrected chi connectivity index (χ1v) is 7.08. The van der Waals surface area contributed by atoms with Gasteiger partial charge in [-0.25, -0.2) is 9.78 Å². The number of benzene rings is 1. The highest BCUT2D eigenvalue weighted by Gasteiger charge is 2.13. The highest BCUT2D eigenvalue weighted by molar-refractivity contribution is 8.01. The molecule has 0 radical (unpaired) electrons. The minimum absolute atomic E-state index is 0.249. The van der Waals surface area contributed by atoms with Gasteiger partial charge in [-0.05, 0) is 18.2 Å². The fraction of sp³-hybridized carbons (Fsp3) is 0.